The molecule has 3 rings (SSSR count). The molecule has 1 saturated heterocycles. The topological polar surface area (TPSA) is 99.3 Å². The summed E-state index contributed by atoms with van der Waals surface area (Å²) < 4.78 is 0. The van der Waals surface area contributed by atoms with Crippen LogP contribution in [0.3, 0.4) is 0 Å². The summed E-state index contributed by atoms with van der Waals surface area (Å²) in [5.74, 6) is -0.538. The maximum Gasteiger partial charge on any atom is 0.322 e. The highest BCUT2D eigenvalue weighted by Gasteiger charge is 2.43. The number of carbonyl (C=O) groups excluding carboxylic acids is 3. The number of urea groups is 1. The van der Waals surface area contributed by atoms with Crippen molar-refractivity contribution in [3.05, 3.63) is 35.4 Å². The Morgan fingerprint density at radius 3 is 2.29 bits per heavy atom. The average Bonchev–Trinajstić information content (AvgIpc) is 2.84. The lowest BCUT2D eigenvalue weighted by molar-refractivity contribution is -0.123. The van der Waals surface area contributed by atoms with Crippen LogP contribution in [0.15, 0.2) is 24.3 Å². The zero-order chi connectivity index (χ0) is 19.3. The number of imide groups is 1. The van der Waals surface area contributed by atoms with Crippen LogP contribution in [0.4, 0.5) is 4.79 Å². The van der Waals surface area contributed by atoms with Gasteiger partial charge in [0.15, 0.2) is 0 Å². The number of hydrogen-bond acceptors (Lipinski definition) is 4. The second-order valence-electron chi connectivity index (χ2n) is 7.51. The van der Waals surface area contributed by atoms with Gasteiger partial charge >= 0.3 is 6.03 Å². The third kappa shape index (κ3) is 5.23. The Morgan fingerprint density at radius 1 is 1.07 bits per heavy atom. The summed E-state index contributed by atoms with van der Waals surface area (Å²) in [6.07, 6.45) is 7.67. The van der Waals surface area contributed by atoms with Crippen LogP contribution in [0, 0.1) is 0 Å². The van der Waals surface area contributed by atoms with Gasteiger partial charge in [-0.2, -0.15) is 0 Å². The summed E-state index contributed by atoms with van der Waals surface area (Å²) in [6, 6.07) is 6.80. The van der Waals surface area contributed by atoms with Crippen molar-refractivity contribution in [3.63, 3.8) is 0 Å². The van der Waals surface area contributed by atoms with E-state index in [4.69, 9.17) is 0 Å². The molecule has 1 atom stereocenters. The fourth-order valence-corrected chi connectivity index (χ4v) is 3.74. The molecule has 1 aliphatic carbocycles. The zero-order valence-electron chi connectivity index (χ0n) is 16.2. The summed E-state index contributed by atoms with van der Waals surface area (Å²) in [5, 5.41) is 11.3. The lowest BCUT2D eigenvalue weighted by atomic mass is 9.91. The van der Waals surface area contributed by atoms with E-state index in [1.54, 1.807) is 31.2 Å². The van der Waals surface area contributed by atoms with E-state index in [9.17, 15) is 14.4 Å². The standard InChI is InChI=1S/C20H28N4O3.ClH/c1-20(18(26)23-19(27)24-20)15-10-8-14(9-11-15)17(25)22-13-12-21-16-6-4-2-3-5-7-16;/h8-11,16,21H,2-7,12-13H2,1H3,(H,22,25)(H2,23,24,26,27);1H. The highest BCUT2D eigenvalue weighted by atomic mass is 35.5. The number of nitrogens with one attached hydrogen (secondary N) is 4. The van der Waals surface area contributed by atoms with Gasteiger partial charge < -0.3 is 16.0 Å². The van der Waals surface area contributed by atoms with Crippen molar-refractivity contribution in [1.29, 1.82) is 0 Å². The largest absolute Gasteiger partial charge is 0.351 e. The van der Waals surface area contributed by atoms with Crippen LogP contribution < -0.4 is 21.3 Å². The van der Waals surface area contributed by atoms with Crippen molar-refractivity contribution in [3.8, 4) is 0 Å². The molecule has 1 aliphatic heterocycles. The Labute approximate surface area is 171 Å². The van der Waals surface area contributed by atoms with Crippen molar-refractivity contribution in [2.45, 2.75) is 57.0 Å². The average molecular weight is 409 g/mol. The normalized spacial score (nSPS) is 22.6. The molecule has 154 valence electrons. The Bertz CT molecular complexity index is 702. The maximum atomic E-state index is 12.3. The monoisotopic (exact) mass is 408 g/mol. The minimum absolute atomic E-state index is 0. The van der Waals surface area contributed by atoms with Crippen LogP contribution in [0.25, 0.3) is 0 Å². The third-order valence-corrected chi connectivity index (χ3v) is 5.47. The highest BCUT2D eigenvalue weighted by Crippen LogP contribution is 2.24. The first-order valence-corrected chi connectivity index (χ1v) is 9.75. The van der Waals surface area contributed by atoms with Gasteiger partial charge in [-0.15, -0.1) is 12.4 Å². The minimum atomic E-state index is -1.10. The smallest absolute Gasteiger partial charge is 0.322 e. The van der Waals surface area contributed by atoms with Gasteiger partial charge in [-0.05, 0) is 37.5 Å². The van der Waals surface area contributed by atoms with Gasteiger partial charge in [0.1, 0.15) is 5.54 Å². The lowest BCUT2D eigenvalue weighted by Crippen LogP contribution is -2.40. The second-order valence-corrected chi connectivity index (χ2v) is 7.51. The van der Waals surface area contributed by atoms with Crippen molar-refractivity contribution in [2.75, 3.05) is 13.1 Å². The molecule has 4 N–H and O–H groups in total. The number of carbonyl (C=O) groups is 3. The SMILES string of the molecule is CC1(c2ccc(C(=O)NCCNC3CCCCCC3)cc2)NC(=O)NC1=O.Cl. The van der Waals surface area contributed by atoms with E-state index in [0.29, 0.717) is 23.7 Å². The van der Waals surface area contributed by atoms with E-state index < -0.39 is 17.5 Å². The second kappa shape index (κ2) is 9.89. The summed E-state index contributed by atoms with van der Waals surface area (Å²) in [5.41, 5.74) is 0.0633. The molecule has 7 nitrogen and oxygen atoms in total. The van der Waals surface area contributed by atoms with Crippen LogP contribution in [0.5, 0.6) is 0 Å². The maximum absolute atomic E-state index is 12.3. The summed E-state index contributed by atoms with van der Waals surface area (Å²) in [6.45, 7) is 2.98. The Morgan fingerprint density at radius 2 is 1.71 bits per heavy atom. The minimum Gasteiger partial charge on any atom is -0.351 e. The van der Waals surface area contributed by atoms with Crippen LogP contribution in [-0.2, 0) is 10.3 Å². The molecule has 1 heterocycles. The van der Waals surface area contributed by atoms with Crippen molar-refractivity contribution >= 4 is 30.3 Å². The molecule has 8 heteroatoms. The highest BCUT2D eigenvalue weighted by molar-refractivity contribution is 6.07. The molecule has 0 spiro atoms. The Balaban J connectivity index is 0.00000280. The molecule has 1 unspecified atom stereocenters. The fraction of sp³-hybridized carbons (Fsp3) is 0.550. The number of rotatable bonds is 6. The van der Waals surface area contributed by atoms with E-state index in [1.165, 1.54) is 38.5 Å². The molecule has 4 amide bonds. The lowest BCUT2D eigenvalue weighted by Gasteiger charge is -2.21. The van der Waals surface area contributed by atoms with E-state index in [1.807, 2.05) is 0 Å². The molecule has 1 aromatic rings. The molecule has 0 bridgehead atoms. The van der Waals surface area contributed by atoms with Crippen LogP contribution in [0.2, 0.25) is 0 Å². The van der Waals surface area contributed by atoms with Gasteiger partial charge in [-0.1, -0.05) is 37.8 Å². The molecule has 2 fully saturated rings. The van der Waals surface area contributed by atoms with Crippen LogP contribution in [0.1, 0.15) is 61.4 Å². The molecule has 1 aromatic carbocycles. The first kappa shape index (κ1) is 22.2. The third-order valence-electron chi connectivity index (χ3n) is 5.47. The summed E-state index contributed by atoms with van der Waals surface area (Å²) in [4.78, 5) is 35.6. The number of benzene rings is 1. The van der Waals surface area contributed by atoms with Crippen LogP contribution >= 0.6 is 12.4 Å². The molecule has 0 aromatic heterocycles. The van der Waals surface area contributed by atoms with E-state index in [0.717, 1.165) is 6.54 Å². The van der Waals surface area contributed by atoms with Gasteiger partial charge in [-0.3, -0.25) is 14.9 Å². The van der Waals surface area contributed by atoms with E-state index >= 15 is 0 Å². The molecule has 1 saturated carbocycles. The number of amides is 4. The van der Waals surface area contributed by atoms with Gasteiger partial charge in [0.25, 0.3) is 11.8 Å². The van der Waals surface area contributed by atoms with Crippen molar-refractivity contribution < 1.29 is 14.4 Å². The Hall–Kier alpha value is -2.12. The van der Waals surface area contributed by atoms with Gasteiger partial charge in [-0.25, -0.2) is 4.79 Å². The van der Waals surface area contributed by atoms with E-state index in [2.05, 4.69) is 21.3 Å². The molecule has 2 aliphatic rings. The first-order chi connectivity index (χ1) is 13.0. The first-order valence-electron chi connectivity index (χ1n) is 9.75. The zero-order valence-corrected chi connectivity index (χ0v) is 17.0. The number of halogens is 1. The molecule has 0 radical (unpaired) electrons. The van der Waals surface area contributed by atoms with E-state index in [-0.39, 0.29) is 18.3 Å². The number of hydrogen-bond donors (Lipinski definition) is 4. The summed E-state index contributed by atoms with van der Waals surface area (Å²) >= 11 is 0. The van der Waals surface area contributed by atoms with Gasteiger partial charge in [0, 0.05) is 24.7 Å². The van der Waals surface area contributed by atoms with Gasteiger partial charge in [0.2, 0.25) is 0 Å². The van der Waals surface area contributed by atoms with Crippen molar-refractivity contribution in [2.24, 2.45) is 0 Å². The van der Waals surface area contributed by atoms with Gasteiger partial charge in [0.05, 0.1) is 0 Å². The predicted molar refractivity (Wildman–Crippen MR) is 110 cm³/mol. The quantitative estimate of drug-likeness (QED) is 0.329. The van der Waals surface area contributed by atoms with Crippen LogP contribution in [-0.4, -0.2) is 37.0 Å². The van der Waals surface area contributed by atoms with Crippen molar-refractivity contribution in [1.82, 2.24) is 21.3 Å². The summed E-state index contributed by atoms with van der Waals surface area (Å²) in [7, 11) is 0. The Kier molecular flexibility index (Phi) is 7.83. The fourth-order valence-electron chi connectivity index (χ4n) is 3.74. The molecule has 28 heavy (non-hydrogen) atoms. The molecular weight excluding hydrogens is 380 g/mol. The molecular formula is C20H29ClN4O3. The predicted octanol–water partition coefficient (Wildman–Crippen LogP) is 2.21.